The summed E-state index contributed by atoms with van der Waals surface area (Å²) >= 11 is 6.61. The third kappa shape index (κ3) is 5.20. The highest BCUT2D eigenvalue weighted by Crippen LogP contribution is 2.49. The molecule has 256 valence electrons. The molecule has 2 aromatic heterocycles. The number of benzene rings is 1. The van der Waals surface area contributed by atoms with Crippen LogP contribution in [0.2, 0.25) is 5.02 Å². The predicted molar refractivity (Wildman–Crippen MR) is 175 cm³/mol. The SMILES string of the molecule is CN(C)C(=O)c1cc2n(n1)CCCN(c1nc(OC[C@@]34CCCN3C[C@H](F)C4)nc3c1CO[C@]1(CCCc4c(Cl)cc(N)c(F)c41)C3)C2. The first-order chi connectivity index (χ1) is 23.1. The first kappa shape index (κ1) is 31.7. The summed E-state index contributed by atoms with van der Waals surface area (Å²) in [5, 5.41) is 5.05. The number of aryl methyl sites for hydroxylation is 1. The van der Waals surface area contributed by atoms with E-state index in [4.69, 9.17) is 36.8 Å². The van der Waals surface area contributed by atoms with E-state index in [0.29, 0.717) is 80.6 Å². The number of fused-ring (bicyclic) bond motifs is 5. The Morgan fingerprint density at radius 3 is 2.85 bits per heavy atom. The van der Waals surface area contributed by atoms with Crippen LogP contribution in [0.4, 0.5) is 20.3 Å². The van der Waals surface area contributed by atoms with Crippen LogP contribution >= 0.6 is 11.6 Å². The van der Waals surface area contributed by atoms with Gasteiger partial charge in [0.05, 0.1) is 35.8 Å². The van der Waals surface area contributed by atoms with E-state index in [2.05, 4.69) is 14.9 Å². The van der Waals surface area contributed by atoms with Crippen LogP contribution in [0.1, 0.15) is 77.1 Å². The largest absolute Gasteiger partial charge is 0.461 e. The highest BCUT2D eigenvalue weighted by atomic mass is 35.5. The molecule has 14 heteroatoms. The molecule has 3 atom stereocenters. The second-order valence-corrected chi connectivity index (χ2v) is 14.7. The van der Waals surface area contributed by atoms with Crippen molar-refractivity contribution in [2.24, 2.45) is 0 Å². The summed E-state index contributed by atoms with van der Waals surface area (Å²) in [6.45, 7) is 3.54. The fourth-order valence-corrected chi connectivity index (χ4v) is 8.98. The summed E-state index contributed by atoms with van der Waals surface area (Å²) in [5.74, 6) is 0.0340. The summed E-state index contributed by atoms with van der Waals surface area (Å²) in [6, 6.07) is 3.54. The van der Waals surface area contributed by atoms with Crippen molar-refractivity contribution in [2.45, 2.75) is 88.4 Å². The number of nitrogens with zero attached hydrogens (tertiary/aromatic N) is 7. The van der Waals surface area contributed by atoms with Crippen LogP contribution in [0, 0.1) is 5.82 Å². The number of carbonyl (C=O) groups excluding carboxylic acids is 1. The standard InChI is InChI=1S/C34H41ClF2N8O3/c1-42(2)31(46)26-12-21-17-43(9-5-11-45(21)41-26)30-23-18-48-34(8-3-6-22-24(35)13-25(38)29(37)28(22)34)15-27(23)39-32(40-30)47-19-33-7-4-10-44(33)16-20(36)14-33/h12-13,20H,3-11,14-19,38H2,1-2H3/t20-,33+,34-/m1/s1. The van der Waals surface area contributed by atoms with Crippen molar-refractivity contribution in [3.63, 3.8) is 0 Å². The van der Waals surface area contributed by atoms with Gasteiger partial charge in [0.15, 0.2) is 11.5 Å². The zero-order valence-electron chi connectivity index (χ0n) is 27.4. The van der Waals surface area contributed by atoms with Crippen molar-refractivity contribution in [3.05, 3.63) is 56.7 Å². The molecule has 11 nitrogen and oxygen atoms in total. The summed E-state index contributed by atoms with van der Waals surface area (Å²) in [5.41, 5.74) is 8.72. The molecule has 0 saturated carbocycles. The summed E-state index contributed by atoms with van der Waals surface area (Å²) in [4.78, 5) is 28.6. The smallest absolute Gasteiger partial charge is 0.318 e. The lowest BCUT2D eigenvalue weighted by molar-refractivity contribution is -0.0876. The van der Waals surface area contributed by atoms with E-state index in [1.807, 2.05) is 10.7 Å². The Morgan fingerprint density at radius 2 is 2.02 bits per heavy atom. The monoisotopic (exact) mass is 682 g/mol. The van der Waals surface area contributed by atoms with Crippen molar-refractivity contribution >= 4 is 29.0 Å². The molecule has 1 spiro atoms. The number of nitrogens with two attached hydrogens (primary N) is 1. The van der Waals surface area contributed by atoms with Crippen molar-refractivity contribution in [2.75, 3.05) is 51.0 Å². The van der Waals surface area contributed by atoms with Gasteiger partial charge in [0.2, 0.25) is 0 Å². The first-order valence-corrected chi connectivity index (χ1v) is 17.3. The number of carbonyl (C=O) groups is 1. The lowest BCUT2D eigenvalue weighted by atomic mass is 9.74. The molecule has 2 N–H and O–H groups in total. The third-order valence-corrected chi connectivity index (χ3v) is 11.3. The molecule has 4 aliphatic heterocycles. The Hall–Kier alpha value is -3.55. The molecule has 48 heavy (non-hydrogen) atoms. The van der Waals surface area contributed by atoms with Gasteiger partial charge in [0, 0.05) is 62.7 Å². The van der Waals surface area contributed by atoms with E-state index in [9.17, 15) is 9.18 Å². The number of rotatable bonds is 5. The lowest BCUT2D eigenvalue weighted by Gasteiger charge is -2.43. The second-order valence-electron chi connectivity index (χ2n) is 14.3. The molecule has 1 aliphatic carbocycles. The number of hydrogen-bond acceptors (Lipinski definition) is 9. The third-order valence-electron chi connectivity index (χ3n) is 11.0. The molecule has 0 unspecified atom stereocenters. The van der Waals surface area contributed by atoms with Crippen molar-refractivity contribution in [1.82, 2.24) is 29.5 Å². The molecule has 3 aromatic rings. The number of anilines is 2. The van der Waals surface area contributed by atoms with Gasteiger partial charge in [-0.2, -0.15) is 15.1 Å². The van der Waals surface area contributed by atoms with Gasteiger partial charge < -0.3 is 25.0 Å². The van der Waals surface area contributed by atoms with E-state index in [0.717, 1.165) is 54.7 Å². The Kier molecular flexibility index (Phi) is 7.79. The van der Waals surface area contributed by atoms with Gasteiger partial charge in [0.25, 0.3) is 5.91 Å². The Labute approximate surface area is 283 Å². The van der Waals surface area contributed by atoms with Crippen LogP contribution in [-0.4, -0.2) is 87.5 Å². The minimum Gasteiger partial charge on any atom is -0.461 e. The number of nitrogen functional groups attached to an aromatic ring is 1. The van der Waals surface area contributed by atoms with Crippen LogP contribution < -0.4 is 15.4 Å². The summed E-state index contributed by atoms with van der Waals surface area (Å²) in [6.07, 6.45) is 4.51. The minimum absolute atomic E-state index is 0.00165. The molecule has 5 aliphatic rings. The molecular weight excluding hydrogens is 642 g/mol. The van der Waals surface area contributed by atoms with Crippen LogP contribution in [0.25, 0.3) is 0 Å². The van der Waals surface area contributed by atoms with Crippen molar-refractivity contribution in [1.29, 1.82) is 0 Å². The molecule has 1 amide bonds. The van der Waals surface area contributed by atoms with Gasteiger partial charge in [-0.3, -0.25) is 14.4 Å². The number of alkyl halides is 1. The average Bonchev–Trinajstić information content (AvgIpc) is 3.68. The summed E-state index contributed by atoms with van der Waals surface area (Å²) in [7, 11) is 3.42. The Morgan fingerprint density at radius 1 is 1.17 bits per heavy atom. The minimum atomic E-state index is -0.987. The number of halogens is 3. The zero-order chi connectivity index (χ0) is 33.4. The van der Waals surface area contributed by atoms with Gasteiger partial charge in [-0.25, -0.2) is 8.78 Å². The van der Waals surface area contributed by atoms with Crippen molar-refractivity contribution < 1.29 is 23.0 Å². The maximum Gasteiger partial charge on any atom is 0.318 e. The number of aromatic nitrogens is 4. The summed E-state index contributed by atoms with van der Waals surface area (Å²) < 4.78 is 45.4. The van der Waals surface area contributed by atoms with Crippen LogP contribution in [0.3, 0.4) is 0 Å². The quantitative estimate of drug-likeness (QED) is 0.391. The van der Waals surface area contributed by atoms with Gasteiger partial charge in [-0.15, -0.1) is 0 Å². The topological polar surface area (TPSA) is 115 Å². The fraction of sp³-hybridized carbons (Fsp3) is 0.588. The highest BCUT2D eigenvalue weighted by Gasteiger charge is 2.50. The van der Waals surface area contributed by atoms with Crippen LogP contribution in [-0.2, 0) is 42.9 Å². The van der Waals surface area contributed by atoms with E-state index >= 15 is 4.39 Å². The van der Waals surface area contributed by atoms with Gasteiger partial charge >= 0.3 is 6.01 Å². The molecule has 8 rings (SSSR count). The van der Waals surface area contributed by atoms with Gasteiger partial charge in [-0.1, -0.05) is 11.6 Å². The predicted octanol–water partition coefficient (Wildman–Crippen LogP) is 4.42. The molecule has 0 radical (unpaired) electrons. The number of amides is 1. The first-order valence-electron chi connectivity index (χ1n) is 16.9. The fourth-order valence-electron chi connectivity index (χ4n) is 8.67. The van der Waals surface area contributed by atoms with E-state index < -0.39 is 17.6 Å². The van der Waals surface area contributed by atoms with E-state index in [1.165, 1.54) is 11.0 Å². The number of ether oxygens (including phenoxy) is 2. The maximum absolute atomic E-state index is 15.9. The highest BCUT2D eigenvalue weighted by molar-refractivity contribution is 6.31. The van der Waals surface area contributed by atoms with Crippen LogP contribution in [0.5, 0.6) is 6.01 Å². The molecule has 2 saturated heterocycles. The number of hydrogen-bond donors (Lipinski definition) is 1. The molecule has 6 heterocycles. The second kappa shape index (κ2) is 11.8. The van der Waals surface area contributed by atoms with Gasteiger partial charge in [0.1, 0.15) is 24.2 Å². The molecule has 1 aromatic carbocycles. The van der Waals surface area contributed by atoms with E-state index in [-0.39, 0.29) is 29.8 Å². The Bertz CT molecular complexity index is 1790. The lowest BCUT2D eigenvalue weighted by Crippen LogP contribution is -2.44. The normalized spacial score (nSPS) is 26.5. The average molecular weight is 683 g/mol. The molecular formula is C34H41ClF2N8O3. The zero-order valence-corrected chi connectivity index (χ0v) is 28.2. The van der Waals surface area contributed by atoms with E-state index in [1.54, 1.807) is 14.1 Å². The Balaban J connectivity index is 1.18. The maximum atomic E-state index is 15.9. The molecule has 0 bridgehead atoms. The van der Waals surface area contributed by atoms with Crippen LogP contribution in [0.15, 0.2) is 12.1 Å². The molecule has 2 fully saturated rings. The van der Waals surface area contributed by atoms with Gasteiger partial charge in [-0.05, 0) is 62.8 Å². The van der Waals surface area contributed by atoms with Crippen molar-refractivity contribution in [3.8, 4) is 6.01 Å².